The molecule has 0 aliphatic rings. The largest absolute Gasteiger partial charge is 0.464 e. The summed E-state index contributed by atoms with van der Waals surface area (Å²) in [6.45, 7) is 4.93. The Bertz CT molecular complexity index is 556. The molecule has 1 atom stereocenters. The number of carbonyl (C=O) groups excluding carboxylic acids is 2. The molecule has 1 N–H and O–H groups in total. The summed E-state index contributed by atoms with van der Waals surface area (Å²) in [4.78, 5) is 33.2. The van der Waals surface area contributed by atoms with E-state index in [4.69, 9.17) is 4.74 Å². The Hall–Kier alpha value is -2.44. The summed E-state index contributed by atoms with van der Waals surface area (Å²) in [5, 5.41) is 13.2. The maximum Gasteiger partial charge on any atom is 0.328 e. The number of nitrogens with zero attached hydrogens (tertiary/aromatic N) is 1. The van der Waals surface area contributed by atoms with E-state index in [0.717, 1.165) is 5.56 Å². The minimum atomic E-state index is -0.803. The van der Waals surface area contributed by atoms with Gasteiger partial charge in [0.1, 0.15) is 6.04 Å². The van der Waals surface area contributed by atoms with Crippen LogP contribution in [-0.2, 0) is 20.7 Å². The number of hydrogen-bond donors (Lipinski definition) is 1. The molecule has 7 nitrogen and oxygen atoms in total. The van der Waals surface area contributed by atoms with Gasteiger partial charge in [-0.1, -0.05) is 6.07 Å². The predicted molar refractivity (Wildman–Crippen MR) is 75.8 cm³/mol. The molecule has 0 aliphatic carbocycles. The molecular formula is C14H18N2O5. The molecule has 1 aromatic rings. The van der Waals surface area contributed by atoms with Gasteiger partial charge in [-0.25, -0.2) is 4.79 Å². The lowest BCUT2D eigenvalue weighted by Gasteiger charge is -2.17. The molecule has 0 heterocycles. The van der Waals surface area contributed by atoms with Crippen molar-refractivity contribution in [2.24, 2.45) is 0 Å². The Balaban J connectivity index is 2.95. The van der Waals surface area contributed by atoms with Gasteiger partial charge in [-0.15, -0.1) is 0 Å². The van der Waals surface area contributed by atoms with Crippen molar-refractivity contribution in [2.45, 2.75) is 33.2 Å². The number of aryl methyl sites for hydroxylation is 1. The molecule has 0 bridgehead atoms. The maximum absolute atomic E-state index is 11.8. The lowest BCUT2D eigenvalue weighted by Crippen LogP contribution is -2.42. The Kier molecular flexibility index (Phi) is 5.83. The summed E-state index contributed by atoms with van der Waals surface area (Å²) in [6.07, 6.45) is 0.224. The average Bonchev–Trinajstić information content (AvgIpc) is 2.39. The number of hydrogen-bond acceptors (Lipinski definition) is 5. The van der Waals surface area contributed by atoms with Crippen LogP contribution in [0.5, 0.6) is 0 Å². The maximum atomic E-state index is 11.8. The van der Waals surface area contributed by atoms with Crippen molar-refractivity contribution in [3.8, 4) is 0 Å². The van der Waals surface area contributed by atoms with Crippen LogP contribution in [0.25, 0.3) is 0 Å². The van der Waals surface area contributed by atoms with Gasteiger partial charge in [0, 0.05) is 25.5 Å². The Morgan fingerprint density at radius 1 is 1.43 bits per heavy atom. The van der Waals surface area contributed by atoms with Crippen LogP contribution in [0.3, 0.4) is 0 Å². The van der Waals surface area contributed by atoms with Crippen molar-refractivity contribution < 1.29 is 19.2 Å². The Morgan fingerprint density at radius 2 is 2.10 bits per heavy atom. The molecule has 0 radical (unpaired) electrons. The molecule has 0 aromatic heterocycles. The van der Waals surface area contributed by atoms with E-state index in [0.29, 0.717) is 5.56 Å². The van der Waals surface area contributed by atoms with Gasteiger partial charge in [-0.3, -0.25) is 14.9 Å². The van der Waals surface area contributed by atoms with Crippen LogP contribution >= 0.6 is 0 Å². The number of nitro groups is 1. The van der Waals surface area contributed by atoms with Gasteiger partial charge in [0.05, 0.1) is 11.5 Å². The molecule has 0 spiro atoms. The number of nitrogens with one attached hydrogen (secondary N) is 1. The zero-order chi connectivity index (χ0) is 16.0. The molecule has 1 rings (SSSR count). The third kappa shape index (κ3) is 4.87. The first-order chi connectivity index (χ1) is 9.85. The zero-order valence-electron chi connectivity index (χ0n) is 12.2. The molecule has 1 aromatic carbocycles. The fourth-order valence-electron chi connectivity index (χ4n) is 1.92. The Morgan fingerprint density at radius 3 is 2.57 bits per heavy atom. The quantitative estimate of drug-likeness (QED) is 0.487. The van der Waals surface area contributed by atoms with E-state index in [-0.39, 0.29) is 24.6 Å². The minimum Gasteiger partial charge on any atom is -0.464 e. The van der Waals surface area contributed by atoms with Crippen LogP contribution in [0.15, 0.2) is 18.2 Å². The number of benzene rings is 1. The molecule has 1 amide bonds. The highest BCUT2D eigenvalue weighted by Crippen LogP contribution is 2.18. The van der Waals surface area contributed by atoms with E-state index in [1.54, 1.807) is 19.9 Å². The van der Waals surface area contributed by atoms with Crippen LogP contribution < -0.4 is 5.32 Å². The monoisotopic (exact) mass is 294 g/mol. The first-order valence-electron chi connectivity index (χ1n) is 6.52. The molecule has 1 unspecified atom stereocenters. The van der Waals surface area contributed by atoms with Crippen molar-refractivity contribution in [1.82, 2.24) is 5.32 Å². The molecular weight excluding hydrogens is 276 g/mol. The molecule has 0 saturated heterocycles. The first-order valence-corrected chi connectivity index (χ1v) is 6.52. The minimum absolute atomic E-state index is 0.0107. The fourth-order valence-corrected chi connectivity index (χ4v) is 1.92. The van der Waals surface area contributed by atoms with E-state index in [1.165, 1.54) is 19.1 Å². The van der Waals surface area contributed by atoms with Crippen LogP contribution in [0.4, 0.5) is 5.69 Å². The predicted octanol–water partition coefficient (Wildman–Crippen LogP) is 1.51. The number of rotatable bonds is 6. The highest BCUT2D eigenvalue weighted by atomic mass is 16.6. The van der Waals surface area contributed by atoms with Gasteiger partial charge in [0.25, 0.3) is 5.69 Å². The third-order valence-corrected chi connectivity index (χ3v) is 2.91. The van der Waals surface area contributed by atoms with E-state index < -0.39 is 16.9 Å². The van der Waals surface area contributed by atoms with Gasteiger partial charge in [0.2, 0.25) is 5.91 Å². The van der Waals surface area contributed by atoms with Crippen molar-refractivity contribution in [3.63, 3.8) is 0 Å². The Labute approximate surface area is 122 Å². The molecule has 0 fully saturated rings. The van der Waals surface area contributed by atoms with Crippen molar-refractivity contribution >= 4 is 17.6 Å². The number of non-ortho nitro benzene ring substituents is 1. The highest BCUT2D eigenvalue weighted by Gasteiger charge is 2.22. The SMILES string of the molecule is CCOC(=O)C(Cc1ccc([N+](=O)[O-])cc1C)NC(C)=O. The summed E-state index contributed by atoms with van der Waals surface area (Å²) in [5.74, 6) is -0.863. The number of amides is 1. The first kappa shape index (κ1) is 16.6. The van der Waals surface area contributed by atoms with Crippen molar-refractivity contribution in [3.05, 3.63) is 39.4 Å². The van der Waals surface area contributed by atoms with Gasteiger partial charge < -0.3 is 10.1 Å². The van der Waals surface area contributed by atoms with Crippen LogP contribution in [0.1, 0.15) is 25.0 Å². The fraction of sp³-hybridized carbons (Fsp3) is 0.429. The summed E-state index contributed by atoms with van der Waals surface area (Å²) >= 11 is 0. The summed E-state index contributed by atoms with van der Waals surface area (Å²) in [6, 6.07) is 3.59. The van der Waals surface area contributed by atoms with Gasteiger partial charge in [-0.05, 0) is 25.0 Å². The second-order valence-corrected chi connectivity index (χ2v) is 4.58. The number of carbonyl (C=O) groups is 2. The highest BCUT2D eigenvalue weighted by molar-refractivity contribution is 5.83. The van der Waals surface area contributed by atoms with E-state index in [9.17, 15) is 19.7 Å². The lowest BCUT2D eigenvalue weighted by atomic mass is 10.0. The van der Waals surface area contributed by atoms with Crippen LogP contribution in [-0.4, -0.2) is 29.4 Å². The summed E-state index contributed by atoms with van der Waals surface area (Å²) < 4.78 is 4.92. The second kappa shape index (κ2) is 7.37. The molecule has 0 saturated carbocycles. The summed E-state index contributed by atoms with van der Waals surface area (Å²) in [7, 11) is 0. The van der Waals surface area contributed by atoms with E-state index in [1.807, 2.05) is 0 Å². The average molecular weight is 294 g/mol. The number of nitro benzene ring substituents is 1. The molecule has 21 heavy (non-hydrogen) atoms. The number of ether oxygens (including phenoxy) is 1. The van der Waals surface area contributed by atoms with Crippen LogP contribution in [0, 0.1) is 17.0 Å². The van der Waals surface area contributed by atoms with Crippen LogP contribution in [0.2, 0.25) is 0 Å². The molecule has 114 valence electrons. The molecule has 0 aliphatic heterocycles. The smallest absolute Gasteiger partial charge is 0.328 e. The van der Waals surface area contributed by atoms with E-state index >= 15 is 0 Å². The summed E-state index contributed by atoms with van der Waals surface area (Å²) in [5.41, 5.74) is 1.42. The standard InChI is InChI=1S/C14H18N2O5/c1-4-21-14(18)13(15-10(3)17)8-11-5-6-12(16(19)20)7-9(11)2/h5-7,13H,4,8H2,1-3H3,(H,15,17). The normalized spacial score (nSPS) is 11.6. The topological polar surface area (TPSA) is 98.5 Å². The number of esters is 1. The van der Waals surface area contributed by atoms with Crippen molar-refractivity contribution in [2.75, 3.05) is 6.61 Å². The van der Waals surface area contributed by atoms with Gasteiger partial charge in [0.15, 0.2) is 0 Å². The zero-order valence-corrected chi connectivity index (χ0v) is 12.2. The van der Waals surface area contributed by atoms with E-state index in [2.05, 4.69) is 5.32 Å². The lowest BCUT2D eigenvalue weighted by molar-refractivity contribution is -0.384. The second-order valence-electron chi connectivity index (χ2n) is 4.58. The van der Waals surface area contributed by atoms with Gasteiger partial charge in [-0.2, -0.15) is 0 Å². The third-order valence-electron chi connectivity index (χ3n) is 2.91. The molecule has 7 heteroatoms. The van der Waals surface area contributed by atoms with Crippen molar-refractivity contribution in [1.29, 1.82) is 0 Å². The van der Waals surface area contributed by atoms with Gasteiger partial charge >= 0.3 is 5.97 Å².